The van der Waals surface area contributed by atoms with Gasteiger partial charge in [-0.3, -0.25) is 4.79 Å². The molecular weight excluding hydrogens is 387 g/mol. The van der Waals surface area contributed by atoms with Crippen LogP contribution in [0.15, 0.2) is 57.7 Å². The third-order valence-corrected chi connectivity index (χ3v) is 4.42. The molecule has 29 heavy (non-hydrogen) atoms. The summed E-state index contributed by atoms with van der Waals surface area (Å²) in [5.41, 5.74) is -0.470. The van der Waals surface area contributed by atoms with E-state index < -0.39 is 23.3 Å². The number of carbonyl (C=O) groups is 1. The van der Waals surface area contributed by atoms with Gasteiger partial charge in [0.1, 0.15) is 11.3 Å². The Kier molecular flexibility index (Phi) is 5.63. The Hall–Kier alpha value is -3.29. The van der Waals surface area contributed by atoms with E-state index in [1.807, 2.05) is 38.1 Å². The molecule has 1 atom stereocenters. The zero-order valence-electron chi connectivity index (χ0n) is 15.7. The predicted octanol–water partition coefficient (Wildman–Crippen LogP) is 4.38. The van der Waals surface area contributed by atoms with Crippen molar-refractivity contribution in [3.8, 4) is 5.75 Å². The van der Waals surface area contributed by atoms with Gasteiger partial charge in [-0.05, 0) is 37.1 Å². The van der Waals surface area contributed by atoms with Crippen LogP contribution in [0.4, 0.5) is 13.2 Å². The van der Waals surface area contributed by atoms with Crippen molar-refractivity contribution < 1.29 is 27.1 Å². The van der Waals surface area contributed by atoms with Gasteiger partial charge in [-0.15, -0.1) is 0 Å². The second-order valence-electron chi connectivity index (χ2n) is 6.57. The summed E-state index contributed by atoms with van der Waals surface area (Å²) in [4.78, 5) is 23.6. The number of ether oxygens (including phenoxy) is 1. The fourth-order valence-corrected chi connectivity index (χ4v) is 3.05. The van der Waals surface area contributed by atoms with Crippen LogP contribution >= 0.6 is 0 Å². The minimum absolute atomic E-state index is 0.110. The van der Waals surface area contributed by atoms with Gasteiger partial charge in [0.25, 0.3) is 5.91 Å². The third-order valence-electron chi connectivity index (χ3n) is 4.42. The molecule has 1 aromatic heterocycles. The third kappa shape index (κ3) is 4.77. The van der Waals surface area contributed by atoms with Gasteiger partial charge in [-0.25, -0.2) is 4.79 Å². The number of halogens is 3. The molecule has 0 radical (unpaired) electrons. The molecule has 3 aromatic rings. The van der Waals surface area contributed by atoms with Crippen molar-refractivity contribution in [3.05, 3.63) is 75.6 Å². The second kappa shape index (κ2) is 7.98. The van der Waals surface area contributed by atoms with Crippen LogP contribution in [-0.2, 0) is 11.0 Å². The fourth-order valence-electron chi connectivity index (χ4n) is 3.05. The largest absolute Gasteiger partial charge is 0.484 e. The van der Waals surface area contributed by atoms with E-state index in [4.69, 9.17) is 9.15 Å². The summed E-state index contributed by atoms with van der Waals surface area (Å²) in [5, 5.41) is 2.53. The summed E-state index contributed by atoms with van der Waals surface area (Å²) in [6, 6.07) is 11.4. The molecule has 0 bridgehead atoms. The number of nitrogens with one attached hydrogen (secondary N) is 1. The number of aryl methyl sites for hydroxylation is 1. The van der Waals surface area contributed by atoms with E-state index in [-0.39, 0.29) is 29.4 Å². The first-order chi connectivity index (χ1) is 13.6. The van der Waals surface area contributed by atoms with Crippen LogP contribution in [0.1, 0.15) is 29.7 Å². The zero-order valence-corrected chi connectivity index (χ0v) is 15.7. The van der Waals surface area contributed by atoms with Crippen molar-refractivity contribution in [2.45, 2.75) is 26.1 Å². The number of hydrogen-bond donors (Lipinski definition) is 1. The first kappa shape index (κ1) is 20.4. The Morgan fingerprint density at radius 1 is 1.17 bits per heavy atom. The van der Waals surface area contributed by atoms with Crippen LogP contribution in [0.5, 0.6) is 5.75 Å². The van der Waals surface area contributed by atoms with E-state index in [2.05, 4.69) is 5.32 Å². The maximum atomic E-state index is 13.1. The zero-order chi connectivity index (χ0) is 21.2. The molecule has 0 spiro atoms. The summed E-state index contributed by atoms with van der Waals surface area (Å²) in [5.74, 6) is -0.287. The predicted molar refractivity (Wildman–Crippen MR) is 101 cm³/mol. The van der Waals surface area contributed by atoms with Gasteiger partial charge in [0.05, 0.1) is 11.6 Å². The molecule has 2 aromatic carbocycles. The fraction of sp³-hybridized carbons (Fsp3) is 0.238. The number of carbonyl (C=O) groups excluding carboxylic acids is 1. The Bertz CT molecular complexity index is 1110. The first-order valence-corrected chi connectivity index (χ1v) is 8.78. The minimum Gasteiger partial charge on any atom is -0.484 e. The Morgan fingerprint density at radius 2 is 1.90 bits per heavy atom. The van der Waals surface area contributed by atoms with Gasteiger partial charge in [0, 0.05) is 17.5 Å². The lowest BCUT2D eigenvalue weighted by Gasteiger charge is -2.17. The van der Waals surface area contributed by atoms with Gasteiger partial charge in [-0.2, -0.15) is 13.2 Å². The highest BCUT2D eigenvalue weighted by atomic mass is 19.4. The second-order valence-corrected chi connectivity index (χ2v) is 6.57. The van der Waals surface area contributed by atoms with Crippen LogP contribution in [0, 0.1) is 6.92 Å². The summed E-state index contributed by atoms with van der Waals surface area (Å²) >= 11 is 0. The molecule has 0 saturated heterocycles. The molecule has 0 aliphatic rings. The van der Waals surface area contributed by atoms with Crippen molar-refractivity contribution in [1.29, 1.82) is 0 Å². The minimum atomic E-state index is -4.69. The average molecular weight is 405 g/mol. The van der Waals surface area contributed by atoms with E-state index >= 15 is 0 Å². The molecule has 1 heterocycles. The van der Waals surface area contributed by atoms with E-state index in [0.717, 1.165) is 23.3 Å². The summed E-state index contributed by atoms with van der Waals surface area (Å²) in [7, 11) is 0. The lowest BCUT2D eigenvalue weighted by molar-refractivity contribution is -0.136. The molecule has 1 unspecified atom stereocenters. The molecule has 1 N–H and O–H groups in total. The highest BCUT2D eigenvalue weighted by Gasteiger charge is 2.33. The Morgan fingerprint density at radius 3 is 2.59 bits per heavy atom. The van der Waals surface area contributed by atoms with Gasteiger partial charge < -0.3 is 14.5 Å². The molecule has 0 fully saturated rings. The summed E-state index contributed by atoms with van der Waals surface area (Å²) in [6.45, 7) is 3.43. The number of rotatable bonds is 5. The molecule has 0 saturated carbocycles. The van der Waals surface area contributed by atoms with E-state index in [9.17, 15) is 22.8 Å². The smallest absolute Gasteiger partial charge is 0.417 e. The van der Waals surface area contributed by atoms with Crippen molar-refractivity contribution in [3.63, 3.8) is 0 Å². The Labute approximate surface area is 164 Å². The van der Waals surface area contributed by atoms with Crippen LogP contribution < -0.4 is 15.7 Å². The average Bonchev–Trinajstić information content (AvgIpc) is 2.65. The van der Waals surface area contributed by atoms with E-state index in [1.54, 1.807) is 0 Å². The van der Waals surface area contributed by atoms with Gasteiger partial charge in [0.2, 0.25) is 0 Å². The molecule has 0 aliphatic heterocycles. The normalized spacial score (nSPS) is 12.6. The van der Waals surface area contributed by atoms with Crippen molar-refractivity contribution >= 4 is 16.9 Å². The SMILES string of the molecule is Cc1ccccc1C(C)NC(=O)COc1ccc2c(C(F)(F)F)cc(=O)oc2c1. The monoisotopic (exact) mass is 405 g/mol. The van der Waals surface area contributed by atoms with Crippen molar-refractivity contribution in [1.82, 2.24) is 5.32 Å². The van der Waals surface area contributed by atoms with E-state index in [1.165, 1.54) is 6.07 Å². The Balaban J connectivity index is 1.71. The lowest BCUT2D eigenvalue weighted by Crippen LogP contribution is -2.31. The maximum absolute atomic E-state index is 13.1. The number of hydrogen-bond acceptors (Lipinski definition) is 4. The first-order valence-electron chi connectivity index (χ1n) is 8.78. The van der Waals surface area contributed by atoms with Crippen molar-refractivity contribution in [2.75, 3.05) is 6.61 Å². The topological polar surface area (TPSA) is 68.5 Å². The summed E-state index contributed by atoms with van der Waals surface area (Å²) < 4.78 is 49.4. The molecule has 8 heteroatoms. The molecule has 3 rings (SSSR count). The van der Waals surface area contributed by atoms with Gasteiger partial charge in [0.15, 0.2) is 6.61 Å². The van der Waals surface area contributed by atoms with Gasteiger partial charge in [-0.1, -0.05) is 24.3 Å². The van der Waals surface area contributed by atoms with Crippen LogP contribution in [-0.4, -0.2) is 12.5 Å². The molecular formula is C21H18F3NO4. The standard InChI is InChI=1S/C21H18F3NO4/c1-12-5-3-4-6-15(12)13(2)25-19(26)11-28-14-7-8-16-17(21(22,23)24)10-20(27)29-18(16)9-14/h3-10,13H,11H2,1-2H3,(H,25,26). The van der Waals surface area contributed by atoms with Crippen LogP contribution in [0.25, 0.3) is 11.0 Å². The summed E-state index contributed by atoms with van der Waals surface area (Å²) in [6.07, 6.45) is -4.69. The highest BCUT2D eigenvalue weighted by molar-refractivity contribution is 5.82. The maximum Gasteiger partial charge on any atom is 0.417 e. The number of fused-ring (bicyclic) bond motifs is 1. The van der Waals surface area contributed by atoms with Crippen LogP contribution in [0.3, 0.4) is 0 Å². The lowest BCUT2D eigenvalue weighted by atomic mass is 10.0. The molecule has 5 nitrogen and oxygen atoms in total. The highest BCUT2D eigenvalue weighted by Crippen LogP contribution is 2.34. The molecule has 152 valence electrons. The number of amides is 1. The number of alkyl halides is 3. The van der Waals surface area contributed by atoms with Crippen molar-refractivity contribution in [2.24, 2.45) is 0 Å². The quantitative estimate of drug-likeness (QED) is 0.640. The molecule has 1 amide bonds. The van der Waals surface area contributed by atoms with Crippen LogP contribution in [0.2, 0.25) is 0 Å². The number of benzene rings is 2. The molecule has 0 aliphatic carbocycles. The van der Waals surface area contributed by atoms with E-state index in [0.29, 0.717) is 6.07 Å². The van der Waals surface area contributed by atoms with Gasteiger partial charge >= 0.3 is 11.8 Å².